The van der Waals surface area contributed by atoms with Gasteiger partial charge in [-0.3, -0.25) is 9.59 Å². The number of halogens is 3. The Hall–Kier alpha value is -1.56. The van der Waals surface area contributed by atoms with Crippen molar-refractivity contribution in [1.29, 1.82) is 0 Å². The quantitative estimate of drug-likeness (QED) is 0.582. The Morgan fingerprint density at radius 3 is 2.14 bits per heavy atom. The van der Waals surface area contributed by atoms with Gasteiger partial charge in [-0.25, -0.2) is 0 Å². The zero-order valence-electron chi connectivity index (χ0n) is 16.0. The summed E-state index contributed by atoms with van der Waals surface area (Å²) in [5, 5.41) is 3.73. The van der Waals surface area contributed by atoms with Crippen molar-refractivity contribution in [2.75, 3.05) is 0 Å². The number of carbonyl (C=O) groups excluding carboxylic acids is 2. The van der Waals surface area contributed by atoms with E-state index in [0.29, 0.717) is 22.2 Å². The largest absolute Gasteiger partial charge is 0.352 e. The van der Waals surface area contributed by atoms with Crippen LogP contribution in [0, 0.1) is 0 Å². The lowest BCUT2D eigenvalue weighted by atomic mass is 10.1. The summed E-state index contributed by atoms with van der Waals surface area (Å²) >= 11 is 15.9. The predicted octanol–water partition coefficient (Wildman–Crippen LogP) is 5.24. The molecule has 150 valence electrons. The summed E-state index contributed by atoms with van der Waals surface area (Å²) in [5.74, 6) is -0.421. The molecule has 0 spiro atoms. The molecule has 0 heterocycles. The Bertz CT molecular complexity index is 821. The van der Waals surface area contributed by atoms with Gasteiger partial charge in [0, 0.05) is 27.1 Å². The third kappa shape index (κ3) is 6.23. The smallest absolute Gasteiger partial charge is 0.242 e. The Morgan fingerprint density at radius 2 is 1.61 bits per heavy atom. The minimum atomic E-state index is -0.639. The van der Waals surface area contributed by atoms with Crippen molar-refractivity contribution in [3.05, 3.63) is 68.1 Å². The van der Waals surface area contributed by atoms with Gasteiger partial charge < -0.3 is 10.2 Å². The summed E-state index contributed by atoms with van der Waals surface area (Å²) in [6, 6.07) is 12.1. The topological polar surface area (TPSA) is 49.4 Å². The van der Waals surface area contributed by atoms with Gasteiger partial charge in [0.05, 0.1) is 6.42 Å². The number of hydrogen-bond donors (Lipinski definition) is 1. The molecule has 4 nitrogen and oxygen atoms in total. The summed E-state index contributed by atoms with van der Waals surface area (Å²) in [6.07, 6.45) is 0.0222. The van der Waals surface area contributed by atoms with Crippen molar-refractivity contribution in [2.24, 2.45) is 0 Å². The van der Waals surface area contributed by atoms with Gasteiger partial charge in [-0.2, -0.15) is 0 Å². The lowest BCUT2D eigenvalue weighted by Crippen LogP contribution is -2.49. The molecule has 28 heavy (non-hydrogen) atoms. The number of amides is 2. The monoisotopic (exact) mass is 484 g/mol. The normalized spacial score (nSPS) is 12.0. The van der Waals surface area contributed by atoms with Gasteiger partial charge in [0.1, 0.15) is 6.04 Å². The van der Waals surface area contributed by atoms with Crippen molar-refractivity contribution in [2.45, 2.75) is 45.8 Å². The van der Waals surface area contributed by atoms with Gasteiger partial charge in [0.15, 0.2) is 0 Å². The molecule has 2 amide bonds. The lowest BCUT2D eigenvalue weighted by molar-refractivity contribution is -0.140. The van der Waals surface area contributed by atoms with E-state index >= 15 is 0 Å². The summed E-state index contributed by atoms with van der Waals surface area (Å²) in [5.41, 5.74) is 1.49. The second-order valence-electron chi connectivity index (χ2n) is 6.86. The first-order chi connectivity index (χ1) is 13.2. The maximum Gasteiger partial charge on any atom is 0.242 e. The maximum atomic E-state index is 13.1. The Balaban J connectivity index is 2.29. The number of benzene rings is 2. The molecule has 0 radical (unpaired) electrons. The summed E-state index contributed by atoms with van der Waals surface area (Å²) in [7, 11) is 0. The highest BCUT2D eigenvalue weighted by molar-refractivity contribution is 9.10. The van der Waals surface area contributed by atoms with E-state index in [0.717, 1.165) is 10.0 Å². The second kappa shape index (κ2) is 10.3. The summed E-state index contributed by atoms with van der Waals surface area (Å²) in [6.45, 7) is 5.80. The summed E-state index contributed by atoms with van der Waals surface area (Å²) in [4.78, 5) is 27.3. The van der Waals surface area contributed by atoms with Gasteiger partial charge in [0.2, 0.25) is 11.8 Å². The molecule has 7 heteroatoms. The van der Waals surface area contributed by atoms with Crippen LogP contribution < -0.4 is 5.32 Å². The van der Waals surface area contributed by atoms with Crippen molar-refractivity contribution in [3.63, 3.8) is 0 Å². The van der Waals surface area contributed by atoms with Gasteiger partial charge in [-0.15, -0.1) is 0 Å². The highest BCUT2D eigenvalue weighted by Gasteiger charge is 2.27. The first-order valence-electron chi connectivity index (χ1n) is 8.96. The van der Waals surface area contributed by atoms with Gasteiger partial charge >= 0.3 is 0 Å². The standard InChI is InChI=1S/C21H23BrCl2N2O2/c1-13(2)25-21(28)14(3)26(12-15-7-9-16(22)10-8-15)20(27)11-17-18(23)5-4-6-19(17)24/h4-10,13-14H,11-12H2,1-3H3,(H,25,28)/t14-/m0/s1. The van der Waals surface area contributed by atoms with E-state index in [9.17, 15) is 9.59 Å². The van der Waals surface area contributed by atoms with Crippen LogP contribution in [0.2, 0.25) is 10.0 Å². The van der Waals surface area contributed by atoms with Crippen LogP contribution in [0.4, 0.5) is 0 Å². The Kier molecular flexibility index (Phi) is 8.35. The van der Waals surface area contributed by atoms with Crippen molar-refractivity contribution in [1.82, 2.24) is 10.2 Å². The van der Waals surface area contributed by atoms with Crippen LogP contribution in [0.5, 0.6) is 0 Å². The molecular formula is C21H23BrCl2N2O2. The fraction of sp³-hybridized carbons (Fsp3) is 0.333. The zero-order valence-corrected chi connectivity index (χ0v) is 19.1. The second-order valence-corrected chi connectivity index (χ2v) is 8.59. The van der Waals surface area contributed by atoms with E-state index in [1.165, 1.54) is 0 Å². The van der Waals surface area contributed by atoms with E-state index in [-0.39, 0.29) is 24.3 Å². The number of rotatable bonds is 7. The SMILES string of the molecule is CC(C)NC(=O)[C@H](C)N(Cc1ccc(Br)cc1)C(=O)Cc1c(Cl)cccc1Cl. The average Bonchev–Trinajstić information content (AvgIpc) is 2.63. The number of carbonyl (C=O) groups is 2. The predicted molar refractivity (Wildman–Crippen MR) is 118 cm³/mol. The maximum absolute atomic E-state index is 13.1. The van der Waals surface area contributed by atoms with Crippen LogP contribution in [-0.4, -0.2) is 28.8 Å². The van der Waals surface area contributed by atoms with Gasteiger partial charge in [-0.05, 0) is 56.2 Å². The minimum absolute atomic E-state index is 0.0161. The van der Waals surface area contributed by atoms with Crippen LogP contribution in [0.25, 0.3) is 0 Å². The molecule has 2 rings (SSSR count). The van der Waals surface area contributed by atoms with E-state index in [2.05, 4.69) is 21.2 Å². The molecule has 1 atom stereocenters. The Morgan fingerprint density at radius 1 is 1.04 bits per heavy atom. The molecular weight excluding hydrogens is 463 g/mol. The van der Waals surface area contributed by atoms with Gasteiger partial charge in [-0.1, -0.05) is 57.3 Å². The number of nitrogens with zero attached hydrogens (tertiary/aromatic N) is 1. The van der Waals surface area contributed by atoms with Crippen LogP contribution in [0.15, 0.2) is 46.9 Å². The molecule has 0 aliphatic rings. The van der Waals surface area contributed by atoms with E-state index in [4.69, 9.17) is 23.2 Å². The molecule has 0 bridgehead atoms. The zero-order chi connectivity index (χ0) is 20.8. The molecule has 2 aromatic carbocycles. The van der Waals surface area contributed by atoms with Crippen LogP contribution in [-0.2, 0) is 22.6 Å². The number of hydrogen-bond acceptors (Lipinski definition) is 2. The van der Waals surface area contributed by atoms with Crippen LogP contribution >= 0.6 is 39.1 Å². The van der Waals surface area contributed by atoms with E-state index in [1.54, 1.807) is 30.0 Å². The van der Waals surface area contributed by atoms with E-state index in [1.807, 2.05) is 38.1 Å². The van der Waals surface area contributed by atoms with Crippen molar-refractivity contribution >= 4 is 50.9 Å². The van der Waals surface area contributed by atoms with Gasteiger partial charge in [0.25, 0.3) is 0 Å². The van der Waals surface area contributed by atoms with Crippen molar-refractivity contribution in [3.8, 4) is 0 Å². The highest BCUT2D eigenvalue weighted by Crippen LogP contribution is 2.26. The lowest BCUT2D eigenvalue weighted by Gasteiger charge is -2.29. The first-order valence-corrected chi connectivity index (χ1v) is 10.5. The Labute approximate surface area is 184 Å². The van der Waals surface area contributed by atoms with Crippen LogP contribution in [0.3, 0.4) is 0 Å². The highest BCUT2D eigenvalue weighted by atomic mass is 79.9. The minimum Gasteiger partial charge on any atom is -0.352 e. The fourth-order valence-corrected chi connectivity index (χ4v) is 3.52. The molecule has 0 aliphatic heterocycles. The molecule has 0 fully saturated rings. The molecule has 2 aromatic rings. The van der Waals surface area contributed by atoms with Crippen molar-refractivity contribution < 1.29 is 9.59 Å². The third-order valence-electron chi connectivity index (χ3n) is 4.25. The molecule has 0 saturated carbocycles. The molecule has 0 aromatic heterocycles. The molecule has 0 unspecified atom stereocenters. The first kappa shape index (κ1) is 22.7. The number of nitrogens with one attached hydrogen (secondary N) is 1. The molecule has 0 saturated heterocycles. The third-order valence-corrected chi connectivity index (χ3v) is 5.49. The van der Waals surface area contributed by atoms with Crippen LogP contribution in [0.1, 0.15) is 31.9 Å². The molecule has 0 aliphatic carbocycles. The summed E-state index contributed by atoms with van der Waals surface area (Å²) < 4.78 is 0.947. The average molecular weight is 486 g/mol. The molecule has 1 N–H and O–H groups in total. The van der Waals surface area contributed by atoms with E-state index < -0.39 is 6.04 Å². The fourth-order valence-electron chi connectivity index (χ4n) is 2.73.